The molecular weight excluding hydrogens is 313 g/mol. The van der Waals surface area contributed by atoms with E-state index < -0.39 is 0 Å². The highest BCUT2D eigenvalue weighted by atomic mass is 32.1. The molecule has 0 spiro atoms. The topological polar surface area (TPSA) is 39.2 Å². The normalized spacial score (nSPS) is 10.5. The predicted molar refractivity (Wildman–Crippen MR) is 88.0 cm³/mol. The fourth-order valence-electron chi connectivity index (χ4n) is 2.11. The van der Waals surface area contributed by atoms with Gasteiger partial charge in [-0.2, -0.15) is 0 Å². The second-order valence-electron chi connectivity index (χ2n) is 5.12. The van der Waals surface area contributed by atoms with Crippen LogP contribution in [-0.4, -0.2) is 11.0 Å². The number of carbonyl (C=O) groups excluding carboxylic acids is 1. The molecule has 0 amide bonds. The van der Waals surface area contributed by atoms with Gasteiger partial charge in [0.2, 0.25) is 0 Å². The quantitative estimate of drug-likeness (QED) is 0.526. The summed E-state index contributed by atoms with van der Waals surface area (Å²) >= 11 is 1.42. The highest BCUT2D eigenvalue weighted by molar-refractivity contribution is 7.13. The number of aryl methyl sites for hydroxylation is 1. The Kier molecular flexibility index (Phi) is 4.48. The Labute approximate surface area is 137 Å². The van der Waals surface area contributed by atoms with E-state index in [9.17, 15) is 9.18 Å². The van der Waals surface area contributed by atoms with Gasteiger partial charge < -0.3 is 4.74 Å². The summed E-state index contributed by atoms with van der Waals surface area (Å²) in [5.74, 6) is -0.109. The molecule has 0 radical (unpaired) electrons. The zero-order valence-corrected chi connectivity index (χ0v) is 13.3. The fraction of sp³-hybridized carbons (Fsp3) is 0.111. The zero-order valence-electron chi connectivity index (χ0n) is 12.5. The summed E-state index contributed by atoms with van der Waals surface area (Å²) in [4.78, 5) is 16.4. The van der Waals surface area contributed by atoms with Gasteiger partial charge in [-0.1, -0.05) is 12.1 Å². The summed E-state index contributed by atoms with van der Waals surface area (Å²) in [5, 5.41) is 2.57. The number of rotatable bonds is 4. The van der Waals surface area contributed by atoms with Crippen LogP contribution < -0.4 is 4.74 Å². The maximum Gasteiger partial charge on any atom is 0.317 e. The average Bonchev–Trinajstić information content (AvgIpc) is 2.96. The van der Waals surface area contributed by atoms with E-state index in [2.05, 4.69) is 4.98 Å². The molecule has 23 heavy (non-hydrogen) atoms. The molecule has 0 N–H and O–H groups in total. The van der Waals surface area contributed by atoms with Gasteiger partial charge in [0.15, 0.2) is 0 Å². The van der Waals surface area contributed by atoms with Gasteiger partial charge in [-0.25, -0.2) is 9.37 Å². The summed E-state index contributed by atoms with van der Waals surface area (Å²) < 4.78 is 18.2. The van der Waals surface area contributed by atoms with E-state index in [1.165, 1.54) is 23.5 Å². The Morgan fingerprint density at radius 1 is 1.22 bits per heavy atom. The van der Waals surface area contributed by atoms with E-state index in [4.69, 9.17) is 4.74 Å². The first kappa shape index (κ1) is 15.4. The summed E-state index contributed by atoms with van der Waals surface area (Å²) in [6, 6.07) is 13.5. The molecule has 0 unspecified atom stereocenters. The van der Waals surface area contributed by atoms with Gasteiger partial charge in [-0.3, -0.25) is 4.79 Å². The van der Waals surface area contributed by atoms with Crippen molar-refractivity contribution in [3.63, 3.8) is 0 Å². The second-order valence-corrected chi connectivity index (χ2v) is 5.98. The third-order valence-corrected chi connectivity index (χ3v) is 4.13. The highest BCUT2D eigenvalue weighted by Crippen LogP contribution is 2.24. The van der Waals surface area contributed by atoms with Crippen molar-refractivity contribution in [3.05, 3.63) is 71.0 Å². The van der Waals surface area contributed by atoms with Crippen LogP contribution in [0, 0.1) is 12.7 Å². The third-order valence-electron chi connectivity index (χ3n) is 3.19. The minimum Gasteiger partial charge on any atom is -0.426 e. The SMILES string of the molecule is Cc1cccc(OC(=O)Cc2csc(-c3ccc(F)cc3)n2)c1. The van der Waals surface area contributed by atoms with Crippen LogP contribution >= 0.6 is 11.3 Å². The number of esters is 1. The molecule has 1 aromatic heterocycles. The van der Waals surface area contributed by atoms with Crippen LogP contribution in [0.5, 0.6) is 5.75 Å². The number of halogens is 1. The lowest BCUT2D eigenvalue weighted by Gasteiger charge is -2.03. The molecule has 0 fully saturated rings. The summed E-state index contributed by atoms with van der Waals surface area (Å²) in [6.07, 6.45) is 0.103. The molecule has 1 heterocycles. The van der Waals surface area contributed by atoms with E-state index in [-0.39, 0.29) is 18.2 Å². The van der Waals surface area contributed by atoms with Crippen LogP contribution in [0.3, 0.4) is 0 Å². The van der Waals surface area contributed by atoms with E-state index in [0.29, 0.717) is 11.4 Å². The van der Waals surface area contributed by atoms with Crippen LogP contribution in [0.15, 0.2) is 53.9 Å². The highest BCUT2D eigenvalue weighted by Gasteiger charge is 2.11. The number of benzene rings is 2. The van der Waals surface area contributed by atoms with Gasteiger partial charge in [0, 0.05) is 10.9 Å². The number of carbonyl (C=O) groups is 1. The van der Waals surface area contributed by atoms with Gasteiger partial charge >= 0.3 is 5.97 Å². The molecule has 3 nitrogen and oxygen atoms in total. The van der Waals surface area contributed by atoms with Crippen molar-refractivity contribution in [1.29, 1.82) is 0 Å². The number of aromatic nitrogens is 1. The Morgan fingerprint density at radius 3 is 2.74 bits per heavy atom. The lowest BCUT2D eigenvalue weighted by Crippen LogP contribution is -2.11. The van der Waals surface area contributed by atoms with Crippen molar-refractivity contribution in [1.82, 2.24) is 4.98 Å². The maximum absolute atomic E-state index is 12.9. The molecule has 0 saturated carbocycles. The first-order valence-corrected chi connectivity index (χ1v) is 7.96. The van der Waals surface area contributed by atoms with Crippen molar-refractivity contribution < 1.29 is 13.9 Å². The van der Waals surface area contributed by atoms with Gasteiger partial charge in [0.1, 0.15) is 16.6 Å². The Hall–Kier alpha value is -2.53. The Morgan fingerprint density at radius 2 is 2.00 bits per heavy atom. The molecule has 0 atom stereocenters. The Balaban J connectivity index is 1.66. The van der Waals surface area contributed by atoms with Crippen molar-refractivity contribution in [2.45, 2.75) is 13.3 Å². The first-order chi connectivity index (χ1) is 11.1. The smallest absolute Gasteiger partial charge is 0.317 e. The number of nitrogens with zero attached hydrogens (tertiary/aromatic N) is 1. The molecule has 3 aromatic rings. The van der Waals surface area contributed by atoms with E-state index in [1.807, 2.05) is 30.5 Å². The minimum atomic E-state index is -0.355. The monoisotopic (exact) mass is 327 g/mol. The number of hydrogen-bond acceptors (Lipinski definition) is 4. The molecule has 2 aromatic carbocycles. The average molecular weight is 327 g/mol. The maximum atomic E-state index is 12.9. The van der Waals surface area contributed by atoms with Crippen molar-refractivity contribution in [2.24, 2.45) is 0 Å². The zero-order chi connectivity index (χ0) is 16.2. The molecule has 0 aliphatic heterocycles. The van der Waals surface area contributed by atoms with E-state index >= 15 is 0 Å². The molecule has 116 valence electrons. The molecular formula is C18H14FNO2S. The minimum absolute atomic E-state index is 0.103. The number of ether oxygens (including phenoxy) is 1. The molecule has 0 aliphatic carbocycles. The van der Waals surface area contributed by atoms with Crippen molar-refractivity contribution in [2.75, 3.05) is 0 Å². The third kappa shape index (κ3) is 4.02. The van der Waals surface area contributed by atoms with E-state index in [0.717, 1.165) is 16.1 Å². The van der Waals surface area contributed by atoms with Gasteiger partial charge in [0.05, 0.1) is 12.1 Å². The van der Waals surface area contributed by atoms with E-state index in [1.54, 1.807) is 18.2 Å². The molecule has 0 bridgehead atoms. The molecule has 0 aliphatic rings. The van der Waals surface area contributed by atoms with Gasteiger partial charge in [-0.15, -0.1) is 11.3 Å². The van der Waals surface area contributed by atoms with Gasteiger partial charge in [-0.05, 0) is 48.9 Å². The first-order valence-electron chi connectivity index (χ1n) is 7.08. The fourth-order valence-corrected chi connectivity index (χ4v) is 2.93. The molecule has 0 saturated heterocycles. The largest absolute Gasteiger partial charge is 0.426 e. The van der Waals surface area contributed by atoms with Crippen molar-refractivity contribution in [3.8, 4) is 16.3 Å². The summed E-state index contributed by atoms with van der Waals surface area (Å²) in [7, 11) is 0. The van der Waals surface area contributed by atoms with Gasteiger partial charge in [0.25, 0.3) is 0 Å². The van der Waals surface area contributed by atoms with Crippen LogP contribution in [0.1, 0.15) is 11.3 Å². The standard InChI is InChI=1S/C18H14FNO2S/c1-12-3-2-4-16(9-12)22-17(21)10-15-11-23-18(20-15)13-5-7-14(19)8-6-13/h2-9,11H,10H2,1H3. The van der Waals surface area contributed by atoms with Crippen LogP contribution in [0.2, 0.25) is 0 Å². The lowest BCUT2D eigenvalue weighted by molar-refractivity contribution is -0.133. The van der Waals surface area contributed by atoms with Crippen LogP contribution in [0.25, 0.3) is 10.6 Å². The second kappa shape index (κ2) is 6.71. The molecule has 3 rings (SSSR count). The summed E-state index contributed by atoms with van der Waals surface area (Å²) in [6.45, 7) is 1.94. The Bertz CT molecular complexity index is 827. The van der Waals surface area contributed by atoms with Crippen LogP contribution in [0.4, 0.5) is 4.39 Å². The van der Waals surface area contributed by atoms with Crippen LogP contribution in [-0.2, 0) is 11.2 Å². The molecule has 5 heteroatoms. The number of thiazole rings is 1. The lowest BCUT2D eigenvalue weighted by atomic mass is 10.2. The predicted octanol–water partition coefficient (Wildman–Crippen LogP) is 4.41. The summed E-state index contributed by atoms with van der Waals surface area (Å²) in [5.41, 5.74) is 2.50. The number of hydrogen-bond donors (Lipinski definition) is 0. The van der Waals surface area contributed by atoms with Crippen molar-refractivity contribution >= 4 is 17.3 Å².